The van der Waals surface area contributed by atoms with Gasteiger partial charge in [-0.25, -0.2) is 13.2 Å². The number of sulfonamides is 1. The van der Waals surface area contributed by atoms with Crippen LogP contribution in [0.15, 0.2) is 23.1 Å². The molecule has 1 aromatic carbocycles. The summed E-state index contributed by atoms with van der Waals surface area (Å²) < 4.78 is 28.7. The summed E-state index contributed by atoms with van der Waals surface area (Å²) in [6.07, 6.45) is 10.0. The third-order valence-electron chi connectivity index (χ3n) is 5.61. The van der Waals surface area contributed by atoms with E-state index in [1.165, 1.54) is 18.2 Å². The maximum Gasteiger partial charge on any atom is 0.337 e. The van der Waals surface area contributed by atoms with Crippen LogP contribution in [0.4, 0.5) is 0 Å². The van der Waals surface area contributed by atoms with Crippen molar-refractivity contribution in [3.05, 3.63) is 28.8 Å². The second-order valence-corrected chi connectivity index (χ2v) is 9.62. The van der Waals surface area contributed by atoms with Crippen molar-refractivity contribution in [1.29, 1.82) is 0 Å². The molecular formula is C19H26ClNO4S. The zero-order valence-electron chi connectivity index (χ0n) is 14.9. The fourth-order valence-electron chi connectivity index (χ4n) is 4.31. The highest BCUT2D eigenvalue weighted by molar-refractivity contribution is 7.89. The lowest BCUT2D eigenvalue weighted by molar-refractivity contribution is 0.0697. The van der Waals surface area contributed by atoms with Gasteiger partial charge in [0, 0.05) is 12.1 Å². The minimum absolute atomic E-state index is 0.0146. The Labute approximate surface area is 160 Å². The van der Waals surface area contributed by atoms with Crippen molar-refractivity contribution in [2.45, 2.75) is 81.2 Å². The summed E-state index contributed by atoms with van der Waals surface area (Å²) in [7, 11) is -3.76. The third kappa shape index (κ3) is 4.07. The quantitative estimate of drug-likeness (QED) is 0.778. The summed E-state index contributed by atoms with van der Waals surface area (Å²) in [5.41, 5.74) is -0.167. The van der Waals surface area contributed by atoms with Crippen molar-refractivity contribution >= 4 is 27.6 Å². The summed E-state index contributed by atoms with van der Waals surface area (Å²) in [5.74, 6) is -1.21. The molecule has 0 bridgehead atoms. The average Bonchev–Trinajstić information content (AvgIpc) is 2.63. The molecule has 7 heteroatoms. The van der Waals surface area contributed by atoms with Crippen LogP contribution in [0.1, 0.15) is 74.6 Å². The molecule has 2 aliphatic rings. The molecule has 0 heterocycles. The Kier molecular flexibility index (Phi) is 6.25. The van der Waals surface area contributed by atoms with Gasteiger partial charge in [-0.3, -0.25) is 0 Å². The Morgan fingerprint density at radius 3 is 1.92 bits per heavy atom. The number of hydrogen-bond acceptors (Lipinski definition) is 3. The van der Waals surface area contributed by atoms with Crippen LogP contribution in [-0.4, -0.2) is 35.9 Å². The van der Waals surface area contributed by atoms with Crippen LogP contribution in [-0.2, 0) is 10.0 Å². The van der Waals surface area contributed by atoms with Crippen molar-refractivity contribution in [2.75, 3.05) is 0 Å². The van der Waals surface area contributed by atoms with Crippen molar-refractivity contribution in [3.63, 3.8) is 0 Å². The molecular weight excluding hydrogens is 374 g/mol. The lowest BCUT2D eigenvalue weighted by Gasteiger charge is -2.40. The van der Waals surface area contributed by atoms with Crippen LogP contribution < -0.4 is 0 Å². The smallest absolute Gasteiger partial charge is 0.337 e. The normalized spacial score (nSPS) is 20.4. The van der Waals surface area contributed by atoms with E-state index >= 15 is 0 Å². The largest absolute Gasteiger partial charge is 0.478 e. The summed E-state index contributed by atoms with van der Waals surface area (Å²) in [5, 5.41) is 9.35. The molecule has 3 rings (SSSR count). The van der Waals surface area contributed by atoms with Crippen molar-refractivity contribution in [3.8, 4) is 0 Å². The number of rotatable bonds is 5. The molecule has 0 amide bonds. The van der Waals surface area contributed by atoms with Crippen LogP contribution in [0, 0.1) is 0 Å². The predicted octanol–water partition coefficient (Wildman–Crippen LogP) is 4.69. The topological polar surface area (TPSA) is 74.7 Å². The van der Waals surface area contributed by atoms with E-state index in [1.807, 2.05) is 0 Å². The highest BCUT2D eigenvalue weighted by Crippen LogP contribution is 2.35. The number of benzene rings is 1. The van der Waals surface area contributed by atoms with Crippen LogP contribution >= 0.6 is 11.6 Å². The maximum atomic E-state index is 13.5. The molecule has 0 unspecified atom stereocenters. The maximum absolute atomic E-state index is 13.5. The lowest BCUT2D eigenvalue weighted by Crippen LogP contribution is -2.48. The van der Waals surface area contributed by atoms with Gasteiger partial charge in [0.15, 0.2) is 0 Å². The Balaban J connectivity index is 2.00. The average molecular weight is 400 g/mol. The molecule has 2 aliphatic carbocycles. The van der Waals surface area contributed by atoms with E-state index in [1.54, 1.807) is 4.31 Å². The first kappa shape index (κ1) is 19.6. The highest BCUT2D eigenvalue weighted by Gasteiger charge is 2.38. The first-order valence-electron chi connectivity index (χ1n) is 9.47. The number of carboxylic acid groups (broad SMARTS) is 1. The van der Waals surface area contributed by atoms with E-state index in [-0.39, 0.29) is 27.6 Å². The molecule has 0 aromatic heterocycles. The first-order chi connectivity index (χ1) is 12.4. The van der Waals surface area contributed by atoms with Gasteiger partial charge in [0.1, 0.15) is 0 Å². The molecule has 1 N–H and O–H groups in total. The monoisotopic (exact) mass is 399 g/mol. The van der Waals surface area contributed by atoms with Crippen molar-refractivity contribution in [2.24, 2.45) is 0 Å². The highest BCUT2D eigenvalue weighted by atomic mass is 35.5. The Morgan fingerprint density at radius 1 is 0.962 bits per heavy atom. The van der Waals surface area contributed by atoms with E-state index in [0.717, 1.165) is 64.2 Å². The fourth-order valence-corrected chi connectivity index (χ4v) is 6.47. The van der Waals surface area contributed by atoms with Gasteiger partial charge in [-0.1, -0.05) is 50.1 Å². The lowest BCUT2D eigenvalue weighted by atomic mass is 9.91. The minimum atomic E-state index is -3.76. The van der Waals surface area contributed by atoms with Gasteiger partial charge in [-0.15, -0.1) is 0 Å². The summed E-state index contributed by atoms with van der Waals surface area (Å²) in [6.45, 7) is 0. The third-order valence-corrected chi connectivity index (χ3v) is 7.94. The molecule has 0 atom stereocenters. The Bertz CT molecular complexity index is 735. The van der Waals surface area contributed by atoms with Crippen LogP contribution in [0.2, 0.25) is 5.02 Å². The van der Waals surface area contributed by atoms with Gasteiger partial charge < -0.3 is 5.11 Å². The fraction of sp³-hybridized carbons (Fsp3) is 0.632. The van der Waals surface area contributed by atoms with Gasteiger partial charge in [0.2, 0.25) is 10.0 Å². The number of aromatic carboxylic acids is 1. The number of carboxylic acids is 1. The molecule has 5 nitrogen and oxygen atoms in total. The van der Waals surface area contributed by atoms with Crippen LogP contribution in [0.3, 0.4) is 0 Å². The standard InChI is InChI=1S/C19H26ClNO4S/c20-18-12-11-16(13-17(18)19(22)23)26(24,25)21(14-7-3-1-4-8-14)15-9-5-2-6-10-15/h11-15H,1-10H2,(H,22,23). The van der Waals surface area contributed by atoms with Gasteiger partial charge in [-0.2, -0.15) is 4.31 Å². The molecule has 0 saturated heterocycles. The zero-order chi connectivity index (χ0) is 18.7. The summed E-state index contributed by atoms with van der Waals surface area (Å²) in [4.78, 5) is 11.4. The molecule has 0 radical (unpaired) electrons. The Morgan fingerprint density at radius 2 is 1.46 bits per heavy atom. The number of nitrogens with zero attached hydrogens (tertiary/aromatic N) is 1. The van der Waals surface area contributed by atoms with E-state index < -0.39 is 16.0 Å². The summed E-state index contributed by atoms with van der Waals surface area (Å²) in [6, 6.07) is 4.04. The van der Waals surface area contributed by atoms with E-state index in [2.05, 4.69) is 0 Å². The molecule has 0 spiro atoms. The first-order valence-corrected chi connectivity index (χ1v) is 11.3. The van der Waals surface area contributed by atoms with Gasteiger partial charge >= 0.3 is 5.97 Å². The van der Waals surface area contributed by atoms with Crippen molar-refractivity contribution in [1.82, 2.24) is 4.31 Å². The van der Waals surface area contributed by atoms with E-state index in [0.29, 0.717) is 0 Å². The molecule has 0 aliphatic heterocycles. The van der Waals surface area contributed by atoms with Crippen LogP contribution in [0.5, 0.6) is 0 Å². The van der Waals surface area contributed by atoms with Crippen LogP contribution in [0.25, 0.3) is 0 Å². The van der Waals surface area contributed by atoms with Crippen molar-refractivity contribution < 1.29 is 18.3 Å². The SMILES string of the molecule is O=C(O)c1cc(S(=O)(=O)N(C2CCCCC2)C2CCCCC2)ccc1Cl. The number of hydrogen-bond donors (Lipinski definition) is 1. The van der Waals surface area contributed by atoms with Gasteiger partial charge in [-0.05, 0) is 43.9 Å². The van der Waals surface area contributed by atoms with Gasteiger partial charge in [0.05, 0.1) is 15.5 Å². The van der Waals surface area contributed by atoms with Gasteiger partial charge in [0.25, 0.3) is 0 Å². The van der Waals surface area contributed by atoms with E-state index in [9.17, 15) is 18.3 Å². The molecule has 26 heavy (non-hydrogen) atoms. The Hall–Kier alpha value is -1.11. The number of halogens is 1. The zero-order valence-corrected chi connectivity index (χ0v) is 16.4. The van der Waals surface area contributed by atoms with E-state index in [4.69, 9.17) is 11.6 Å². The second kappa shape index (κ2) is 8.28. The number of carbonyl (C=O) groups is 1. The molecule has 2 saturated carbocycles. The predicted molar refractivity (Wildman–Crippen MR) is 101 cm³/mol. The minimum Gasteiger partial charge on any atom is -0.478 e. The molecule has 2 fully saturated rings. The molecule has 144 valence electrons. The second-order valence-electron chi connectivity index (χ2n) is 7.37. The molecule has 1 aromatic rings. The summed E-state index contributed by atoms with van der Waals surface area (Å²) >= 11 is 5.93.